The SMILES string of the molecule is O=[N+]([O-])c1cc2c(cc1-n1ccnc1)N(CCCOS(=O)(=O)O)C(O)C(O)N2. The lowest BCUT2D eigenvalue weighted by Crippen LogP contribution is -2.51. The first-order valence-electron chi connectivity index (χ1n) is 7.99. The molecule has 0 fully saturated rings. The highest BCUT2D eigenvalue weighted by Crippen LogP contribution is 2.39. The summed E-state index contributed by atoms with van der Waals surface area (Å²) in [5.41, 5.74) is 0.497. The smallest absolute Gasteiger partial charge is 0.369 e. The number of fused-ring (bicyclic) bond motifs is 1. The topological polar surface area (TPSA) is 180 Å². The Kier molecular flexibility index (Phi) is 5.48. The van der Waals surface area contributed by atoms with Crippen LogP contribution in [0.3, 0.4) is 0 Å². The summed E-state index contributed by atoms with van der Waals surface area (Å²) in [6.45, 7) is -0.328. The Bertz CT molecular complexity index is 964. The predicted octanol–water partition coefficient (Wildman–Crippen LogP) is -0.141. The van der Waals surface area contributed by atoms with Crippen LogP contribution >= 0.6 is 0 Å². The second-order valence-corrected chi connectivity index (χ2v) is 6.98. The first-order chi connectivity index (χ1) is 13.2. The summed E-state index contributed by atoms with van der Waals surface area (Å²) in [5, 5.41) is 34.3. The molecule has 2 atom stereocenters. The van der Waals surface area contributed by atoms with Crippen molar-refractivity contribution in [2.45, 2.75) is 18.9 Å². The molecular formula is C14H17N5O8S. The number of nitro groups is 1. The maximum Gasteiger partial charge on any atom is 0.397 e. The van der Waals surface area contributed by atoms with Gasteiger partial charge in [-0.3, -0.25) is 14.7 Å². The van der Waals surface area contributed by atoms with E-state index >= 15 is 0 Å². The van der Waals surface area contributed by atoms with Crippen LogP contribution in [0, 0.1) is 10.1 Å². The second-order valence-electron chi connectivity index (χ2n) is 5.88. The van der Waals surface area contributed by atoms with Crippen molar-refractivity contribution in [2.24, 2.45) is 0 Å². The van der Waals surface area contributed by atoms with E-state index in [2.05, 4.69) is 14.5 Å². The van der Waals surface area contributed by atoms with Gasteiger partial charge in [-0.15, -0.1) is 0 Å². The first kappa shape index (κ1) is 20.0. The number of rotatable bonds is 7. The maximum absolute atomic E-state index is 11.5. The van der Waals surface area contributed by atoms with E-state index in [1.165, 1.54) is 40.3 Å². The lowest BCUT2D eigenvalue weighted by atomic mass is 10.1. The zero-order chi connectivity index (χ0) is 20.5. The quantitative estimate of drug-likeness (QED) is 0.204. The molecule has 152 valence electrons. The number of aliphatic hydroxyl groups excluding tert-OH is 2. The van der Waals surface area contributed by atoms with E-state index in [4.69, 9.17) is 4.55 Å². The lowest BCUT2D eigenvalue weighted by Gasteiger charge is -2.39. The molecule has 0 saturated heterocycles. The highest BCUT2D eigenvalue weighted by atomic mass is 32.3. The van der Waals surface area contributed by atoms with Crippen LogP contribution in [0.2, 0.25) is 0 Å². The van der Waals surface area contributed by atoms with Crippen LogP contribution in [0.1, 0.15) is 6.42 Å². The van der Waals surface area contributed by atoms with Crippen molar-refractivity contribution in [3.8, 4) is 5.69 Å². The minimum Gasteiger partial charge on any atom is -0.369 e. The van der Waals surface area contributed by atoms with Gasteiger partial charge in [0.15, 0.2) is 12.5 Å². The molecule has 2 aromatic rings. The zero-order valence-corrected chi connectivity index (χ0v) is 15.1. The summed E-state index contributed by atoms with van der Waals surface area (Å²) in [4.78, 5) is 16.1. The van der Waals surface area contributed by atoms with Gasteiger partial charge in [-0.1, -0.05) is 0 Å². The van der Waals surface area contributed by atoms with E-state index in [0.717, 1.165) is 0 Å². The van der Waals surface area contributed by atoms with Crippen LogP contribution in [0.5, 0.6) is 0 Å². The Morgan fingerprint density at radius 3 is 2.68 bits per heavy atom. The zero-order valence-electron chi connectivity index (χ0n) is 14.2. The van der Waals surface area contributed by atoms with Crippen molar-refractivity contribution >= 4 is 27.5 Å². The third-order valence-corrected chi connectivity index (χ3v) is 4.53. The van der Waals surface area contributed by atoms with Gasteiger partial charge < -0.3 is 25.0 Å². The van der Waals surface area contributed by atoms with Gasteiger partial charge in [0.05, 0.1) is 29.2 Å². The van der Waals surface area contributed by atoms with Gasteiger partial charge in [0, 0.05) is 25.0 Å². The molecule has 1 aromatic heterocycles. The average Bonchev–Trinajstić information content (AvgIpc) is 3.14. The van der Waals surface area contributed by atoms with Crippen molar-refractivity contribution in [3.05, 3.63) is 41.0 Å². The summed E-state index contributed by atoms with van der Waals surface area (Å²) in [6, 6.07) is 2.67. The Hall–Kier alpha value is -2.78. The molecular weight excluding hydrogens is 398 g/mol. The van der Waals surface area contributed by atoms with Crippen LogP contribution in [-0.2, 0) is 14.6 Å². The summed E-state index contributed by atoms with van der Waals surface area (Å²) in [6.07, 6.45) is 1.57. The van der Waals surface area contributed by atoms with Crippen molar-refractivity contribution in [1.29, 1.82) is 0 Å². The molecule has 0 amide bonds. The summed E-state index contributed by atoms with van der Waals surface area (Å²) >= 11 is 0. The molecule has 2 heterocycles. The van der Waals surface area contributed by atoms with Gasteiger partial charge in [0.25, 0.3) is 5.69 Å². The van der Waals surface area contributed by atoms with E-state index in [9.17, 15) is 28.7 Å². The third kappa shape index (κ3) is 4.20. The van der Waals surface area contributed by atoms with Crippen LogP contribution in [0.25, 0.3) is 5.69 Å². The van der Waals surface area contributed by atoms with E-state index in [1.54, 1.807) is 0 Å². The van der Waals surface area contributed by atoms with E-state index < -0.39 is 27.8 Å². The molecule has 1 aromatic carbocycles. The molecule has 0 bridgehead atoms. The van der Waals surface area contributed by atoms with Crippen LogP contribution in [0.4, 0.5) is 17.1 Å². The second kappa shape index (κ2) is 7.69. The monoisotopic (exact) mass is 415 g/mol. The number of nitro benzene ring substituents is 1. The van der Waals surface area contributed by atoms with Crippen LogP contribution in [-0.4, -0.2) is 63.3 Å². The highest BCUT2D eigenvalue weighted by molar-refractivity contribution is 7.80. The number of hydrogen-bond donors (Lipinski definition) is 4. The summed E-state index contributed by atoms with van der Waals surface area (Å²) in [7, 11) is -4.59. The maximum atomic E-state index is 11.5. The molecule has 0 saturated carbocycles. The molecule has 4 N–H and O–H groups in total. The molecule has 3 rings (SSSR count). The number of aliphatic hydroxyl groups is 2. The average molecular weight is 415 g/mol. The van der Waals surface area contributed by atoms with Gasteiger partial charge in [0.1, 0.15) is 5.69 Å². The predicted molar refractivity (Wildman–Crippen MR) is 95.3 cm³/mol. The van der Waals surface area contributed by atoms with Crippen molar-refractivity contribution in [3.63, 3.8) is 0 Å². The number of benzene rings is 1. The molecule has 2 unspecified atom stereocenters. The third-order valence-electron chi connectivity index (χ3n) is 4.06. The number of hydrogen-bond acceptors (Lipinski definition) is 10. The first-order valence-corrected chi connectivity index (χ1v) is 9.36. The molecule has 0 aliphatic carbocycles. The molecule has 14 heteroatoms. The Balaban J connectivity index is 1.95. The number of anilines is 2. The fraction of sp³-hybridized carbons (Fsp3) is 0.357. The Morgan fingerprint density at radius 1 is 1.32 bits per heavy atom. The fourth-order valence-electron chi connectivity index (χ4n) is 2.87. The molecule has 28 heavy (non-hydrogen) atoms. The minimum atomic E-state index is -4.59. The number of nitrogens with zero attached hydrogens (tertiary/aromatic N) is 4. The molecule has 1 aliphatic rings. The Labute approximate surface area is 158 Å². The molecule has 1 aliphatic heterocycles. The van der Waals surface area contributed by atoms with E-state index in [0.29, 0.717) is 5.69 Å². The normalized spacial score (nSPS) is 19.2. The number of imidazole rings is 1. The number of aromatic nitrogens is 2. The van der Waals surface area contributed by atoms with E-state index in [-0.39, 0.29) is 36.6 Å². The number of nitrogens with one attached hydrogen (secondary N) is 1. The fourth-order valence-corrected chi connectivity index (χ4v) is 3.20. The van der Waals surface area contributed by atoms with Gasteiger partial charge in [-0.2, -0.15) is 8.42 Å². The van der Waals surface area contributed by atoms with Gasteiger partial charge >= 0.3 is 10.4 Å². The summed E-state index contributed by atoms with van der Waals surface area (Å²) < 4.78 is 35.5. The van der Waals surface area contributed by atoms with Crippen molar-refractivity contribution in [2.75, 3.05) is 23.4 Å². The van der Waals surface area contributed by atoms with Crippen LogP contribution in [0.15, 0.2) is 30.9 Å². The highest BCUT2D eigenvalue weighted by Gasteiger charge is 2.34. The summed E-state index contributed by atoms with van der Waals surface area (Å²) in [5.74, 6) is 0. The van der Waals surface area contributed by atoms with Gasteiger partial charge in [-0.05, 0) is 12.5 Å². The van der Waals surface area contributed by atoms with Crippen molar-refractivity contribution < 1.29 is 32.3 Å². The molecule has 0 radical (unpaired) electrons. The standard InChI is InChI=1S/C14H17N5O8S/c20-13-14(21)18(3-1-5-27-28(24,25)26)10-7-11(17-4-2-15-8-17)12(19(22)23)6-9(10)16-13/h2,4,6-8,13-14,16,20-21H,1,3,5H2,(H,24,25,26). The van der Waals surface area contributed by atoms with Crippen LogP contribution < -0.4 is 10.2 Å². The van der Waals surface area contributed by atoms with Gasteiger partial charge in [-0.25, -0.2) is 9.17 Å². The minimum absolute atomic E-state index is 0.0314. The molecule has 0 spiro atoms. The van der Waals surface area contributed by atoms with E-state index in [1.807, 2.05) is 0 Å². The molecule has 13 nitrogen and oxygen atoms in total. The Morgan fingerprint density at radius 2 is 2.07 bits per heavy atom. The largest absolute Gasteiger partial charge is 0.397 e. The lowest BCUT2D eigenvalue weighted by molar-refractivity contribution is -0.384. The van der Waals surface area contributed by atoms with Gasteiger partial charge in [0.2, 0.25) is 0 Å². The van der Waals surface area contributed by atoms with Crippen molar-refractivity contribution in [1.82, 2.24) is 9.55 Å².